The number of nitrogens with one attached hydrogen (secondary N) is 1. The third-order valence-corrected chi connectivity index (χ3v) is 2.99. The predicted molar refractivity (Wildman–Crippen MR) is 79.4 cm³/mol. The fourth-order valence-corrected chi connectivity index (χ4v) is 1.79. The summed E-state index contributed by atoms with van der Waals surface area (Å²) in [5.41, 5.74) is 0.934. The highest BCUT2D eigenvalue weighted by atomic mass is 35.5. The van der Waals surface area contributed by atoms with Gasteiger partial charge >= 0.3 is 0 Å². The van der Waals surface area contributed by atoms with Gasteiger partial charge < -0.3 is 5.32 Å². The van der Waals surface area contributed by atoms with Crippen LogP contribution in [-0.2, 0) is 11.3 Å². The number of carbonyl (C=O) groups is 1. The highest BCUT2D eigenvalue weighted by molar-refractivity contribution is 6.31. The summed E-state index contributed by atoms with van der Waals surface area (Å²) >= 11 is 11.5. The first-order valence-corrected chi connectivity index (χ1v) is 6.23. The first kappa shape index (κ1) is 15.8. The molecule has 0 bridgehead atoms. The zero-order valence-electron chi connectivity index (χ0n) is 9.85. The summed E-state index contributed by atoms with van der Waals surface area (Å²) in [4.78, 5) is 11.2. The van der Waals surface area contributed by atoms with Crippen LogP contribution < -0.4 is 5.32 Å². The van der Waals surface area contributed by atoms with E-state index in [1.165, 1.54) is 0 Å². The minimum absolute atomic E-state index is 0. The van der Waals surface area contributed by atoms with Crippen LogP contribution in [0.25, 0.3) is 0 Å². The van der Waals surface area contributed by atoms with E-state index in [-0.39, 0.29) is 24.2 Å². The van der Waals surface area contributed by atoms with Gasteiger partial charge in [-0.25, -0.2) is 4.68 Å². The molecule has 0 atom stereocenters. The van der Waals surface area contributed by atoms with Crippen molar-refractivity contribution in [3.8, 4) is 0 Å². The van der Waals surface area contributed by atoms with Gasteiger partial charge in [-0.15, -0.1) is 24.0 Å². The van der Waals surface area contributed by atoms with E-state index in [1.807, 2.05) is 24.3 Å². The van der Waals surface area contributed by atoms with Crippen molar-refractivity contribution >= 4 is 47.3 Å². The summed E-state index contributed by atoms with van der Waals surface area (Å²) in [6.45, 7) is 0.491. The lowest BCUT2D eigenvalue weighted by Gasteiger charge is -2.09. The number of aromatic nitrogens is 2. The summed E-state index contributed by atoms with van der Waals surface area (Å²) in [6.07, 6.45) is 1.61. The maximum Gasteiger partial charge on any atom is 0.240 e. The normalized spacial score (nSPS) is 9.79. The number of hydrogen-bond acceptors (Lipinski definition) is 2. The number of halogens is 3. The van der Waals surface area contributed by atoms with Crippen molar-refractivity contribution in [3.63, 3.8) is 0 Å². The topological polar surface area (TPSA) is 46.9 Å². The number of nitrogens with zero attached hydrogens (tertiary/aromatic N) is 2. The first-order chi connectivity index (χ1) is 8.70. The van der Waals surface area contributed by atoms with Gasteiger partial charge in [0.1, 0.15) is 11.7 Å². The van der Waals surface area contributed by atoms with Crippen LogP contribution in [0.1, 0.15) is 5.56 Å². The van der Waals surface area contributed by atoms with E-state index in [9.17, 15) is 4.79 Å². The molecule has 0 unspecified atom stereocenters. The van der Waals surface area contributed by atoms with E-state index in [2.05, 4.69) is 10.4 Å². The number of rotatable bonds is 4. The van der Waals surface area contributed by atoms with Crippen LogP contribution in [0.2, 0.25) is 5.02 Å². The van der Waals surface area contributed by atoms with Crippen molar-refractivity contribution < 1.29 is 4.79 Å². The quantitative estimate of drug-likeness (QED) is 0.880. The Balaban J connectivity index is 0.00000180. The number of anilines is 1. The van der Waals surface area contributed by atoms with Crippen LogP contribution >= 0.6 is 35.6 Å². The highest BCUT2D eigenvalue weighted by Gasteiger charge is 2.08. The molecule has 0 aliphatic heterocycles. The minimum Gasteiger partial charge on any atom is -0.310 e. The molecule has 1 heterocycles. The molecule has 2 rings (SSSR count). The maximum absolute atomic E-state index is 11.2. The summed E-state index contributed by atoms with van der Waals surface area (Å²) in [7, 11) is 0. The molecule has 0 saturated heterocycles. The fourth-order valence-electron chi connectivity index (χ4n) is 1.53. The van der Waals surface area contributed by atoms with Crippen LogP contribution in [0.4, 0.5) is 5.82 Å². The van der Waals surface area contributed by atoms with E-state index in [4.69, 9.17) is 23.2 Å². The second-order valence-electron chi connectivity index (χ2n) is 3.65. The van der Waals surface area contributed by atoms with Gasteiger partial charge in [0.15, 0.2) is 0 Å². The van der Waals surface area contributed by atoms with Crippen LogP contribution in [0.3, 0.4) is 0 Å². The fraction of sp³-hybridized carbons (Fsp3) is 0.167. The van der Waals surface area contributed by atoms with E-state index < -0.39 is 0 Å². The third-order valence-electron chi connectivity index (χ3n) is 2.38. The Morgan fingerprint density at radius 2 is 2.05 bits per heavy atom. The molecule has 0 saturated carbocycles. The monoisotopic (exact) mass is 319 g/mol. The van der Waals surface area contributed by atoms with Gasteiger partial charge in [0.25, 0.3) is 0 Å². The van der Waals surface area contributed by atoms with Crippen LogP contribution in [0.15, 0.2) is 36.5 Å². The largest absolute Gasteiger partial charge is 0.310 e. The molecule has 4 nitrogen and oxygen atoms in total. The molecule has 0 radical (unpaired) electrons. The van der Waals surface area contributed by atoms with E-state index in [0.717, 1.165) is 5.56 Å². The van der Waals surface area contributed by atoms with Gasteiger partial charge in [0, 0.05) is 11.1 Å². The number of alkyl halides is 1. The van der Waals surface area contributed by atoms with Gasteiger partial charge in [-0.05, 0) is 11.6 Å². The lowest BCUT2D eigenvalue weighted by atomic mass is 10.2. The number of hydrogen-bond donors (Lipinski definition) is 1. The average Bonchev–Trinajstić information content (AvgIpc) is 2.79. The van der Waals surface area contributed by atoms with Crippen LogP contribution in [0, 0.1) is 0 Å². The number of amides is 1. The Labute approximate surface area is 127 Å². The van der Waals surface area contributed by atoms with Crippen molar-refractivity contribution in [2.45, 2.75) is 6.54 Å². The third kappa shape index (κ3) is 4.13. The minimum atomic E-state index is -0.266. The summed E-state index contributed by atoms with van der Waals surface area (Å²) in [6, 6.07) is 9.21. The maximum atomic E-state index is 11.2. The highest BCUT2D eigenvalue weighted by Crippen LogP contribution is 2.18. The first-order valence-electron chi connectivity index (χ1n) is 5.31. The molecule has 19 heavy (non-hydrogen) atoms. The molecule has 2 aromatic rings. The molecule has 7 heteroatoms. The van der Waals surface area contributed by atoms with Crippen molar-refractivity contribution in [2.24, 2.45) is 0 Å². The number of benzene rings is 1. The smallest absolute Gasteiger partial charge is 0.240 e. The Hall–Kier alpha value is -1.23. The van der Waals surface area contributed by atoms with Crippen molar-refractivity contribution in [3.05, 3.63) is 47.1 Å². The van der Waals surface area contributed by atoms with E-state index >= 15 is 0 Å². The van der Waals surface area contributed by atoms with Gasteiger partial charge in [0.2, 0.25) is 5.91 Å². The zero-order chi connectivity index (χ0) is 13.0. The molecule has 1 aromatic heterocycles. The van der Waals surface area contributed by atoms with Gasteiger partial charge in [-0.3, -0.25) is 4.79 Å². The molecular weight excluding hydrogens is 309 g/mol. The number of carbonyl (C=O) groups excluding carboxylic acids is 1. The molecular formula is C12H12Cl3N3O. The van der Waals surface area contributed by atoms with Crippen molar-refractivity contribution in [1.29, 1.82) is 0 Å². The molecule has 0 aliphatic carbocycles. The Morgan fingerprint density at radius 1 is 1.32 bits per heavy atom. The van der Waals surface area contributed by atoms with E-state index in [0.29, 0.717) is 17.4 Å². The lowest BCUT2D eigenvalue weighted by Crippen LogP contribution is -2.16. The lowest BCUT2D eigenvalue weighted by molar-refractivity contribution is -0.114. The SMILES string of the molecule is Cl.O=C(CCl)Nc1ccnn1Cc1ccccc1Cl. The Morgan fingerprint density at radius 3 is 2.74 bits per heavy atom. The van der Waals surface area contributed by atoms with Gasteiger partial charge in [-0.1, -0.05) is 29.8 Å². The molecule has 0 aliphatic rings. The molecule has 0 fully saturated rings. The molecule has 102 valence electrons. The molecule has 1 amide bonds. The zero-order valence-corrected chi connectivity index (χ0v) is 12.2. The second-order valence-corrected chi connectivity index (χ2v) is 4.32. The molecule has 1 N–H and O–H groups in total. The van der Waals surface area contributed by atoms with Crippen LogP contribution in [0.5, 0.6) is 0 Å². The predicted octanol–water partition coefficient (Wildman–Crippen LogP) is 3.18. The van der Waals surface area contributed by atoms with Crippen LogP contribution in [-0.4, -0.2) is 21.6 Å². The summed E-state index contributed by atoms with van der Waals surface area (Å²) in [5, 5.41) is 7.48. The summed E-state index contributed by atoms with van der Waals surface area (Å²) < 4.78 is 1.66. The molecule has 0 spiro atoms. The molecule has 1 aromatic carbocycles. The van der Waals surface area contributed by atoms with Crippen molar-refractivity contribution in [1.82, 2.24) is 9.78 Å². The van der Waals surface area contributed by atoms with Gasteiger partial charge in [0.05, 0.1) is 12.7 Å². The second kappa shape index (κ2) is 7.38. The Bertz CT molecular complexity index is 557. The van der Waals surface area contributed by atoms with E-state index in [1.54, 1.807) is 16.9 Å². The van der Waals surface area contributed by atoms with Crippen molar-refractivity contribution in [2.75, 3.05) is 11.2 Å². The average molecular weight is 321 g/mol. The summed E-state index contributed by atoms with van der Waals surface area (Å²) in [5.74, 6) is 0.246. The van der Waals surface area contributed by atoms with Gasteiger partial charge in [-0.2, -0.15) is 5.10 Å². The Kier molecular flexibility index (Phi) is 6.15. The standard InChI is InChI=1S/C12H11Cl2N3O.ClH/c13-7-12(18)16-11-5-6-15-17(11)8-9-3-1-2-4-10(9)14;/h1-6H,7-8H2,(H,16,18);1H.